The first-order valence-electron chi connectivity index (χ1n) is 6.79. The average Bonchev–Trinajstić information content (AvgIpc) is 2.37. The van der Waals surface area contributed by atoms with Gasteiger partial charge in [-0.05, 0) is 30.4 Å². The molecule has 98 valence electrons. The Kier molecular flexibility index (Phi) is 4.02. The summed E-state index contributed by atoms with van der Waals surface area (Å²) in [6, 6.07) is 4.18. The van der Waals surface area contributed by atoms with Crippen molar-refractivity contribution >= 4 is 11.6 Å². The molecule has 1 heterocycles. The lowest BCUT2D eigenvalue weighted by Gasteiger charge is -2.24. The molecular weight excluding hydrogens is 226 g/mol. The van der Waals surface area contributed by atoms with Gasteiger partial charge in [0.15, 0.2) is 0 Å². The first-order valence-corrected chi connectivity index (χ1v) is 6.79. The van der Waals surface area contributed by atoms with Crippen molar-refractivity contribution in [3.05, 3.63) is 28.8 Å². The maximum atomic E-state index is 11.5. The Morgan fingerprint density at radius 1 is 1.33 bits per heavy atom. The van der Waals surface area contributed by atoms with Crippen LogP contribution < -0.4 is 5.32 Å². The fourth-order valence-electron chi connectivity index (χ4n) is 2.49. The van der Waals surface area contributed by atoms with Gasteiger partial charge in [-0.2, -0.15) is 0 Å². The van der Waals surface area contributed by atoms with Crippen LogP contribution in [0.3, 0.4) is 0 Å². The van der Waals surface area contributed by atoms with E-state index in [1.807, 2.05) is 6.07 Å². The van der Waals surface area contributed by atoms with Gasteiger partial charge in [0.25, 0.3) is 0 Å². The van der Waals surface area contributed by atoms with Crippen LogP contribution in [0.15, 0.2) is 12.1 Å². The van der Waals surface area contributed by atoms with E-state index in [1.54, 1.807) is 0 Å². The Morgan fingerprint density at radius 2 is 2.11 bits per heavy atom. The van der Waals surface area contributed by atoms with Gasteiger partial charge in [0, 0.05) is 17.7 Å². The van der Waals surface area contributed by atoms with Gasteiger partial charge in [-0.3, -0.25) is 4.79 Å². The molecule has 1 aromatic rings. The Labute approximate surface area is 108 Å². The van der Waals surface area contributed by atoms with E-state index in [0.29, 0.717) is 6.42 Å². The molecule has 2 rings (SSSR count). The molecule has 0 saturated carbocycles. The average molecular weight is 247 g/mol. The van der Waals surface area contributed by atoms with E-state index in [0.717, 1.165) is 36.9 Å². The molecular formula is C15H21NO2. The first-order chi connectivity index (χ1) is 8.65. The van der Waals surface area contributed by atoms with E-state index in [4.69, 9.17) is 0 Å². The molecule has 1 aliphatic heterocycles. The normalized spacial score (nSPS) is 16.1. The number of nitrogens with one attached hydrogen (secondary N) is 1. The molecule has 1 atom stereocenters. The Bertz CT molecular complexity index is 454. The molecule has 0 aromatic heterocycles. The van der Waals surface area contributed by atoms with Gasteiger partial charge >= 0.3 is 0 Å². The van der Waals surface area contributed by atoms with E-state index >= 15 is 0 Å². The van der Waals surface area contributed by atoms with E-state index in [-0.39, 0.29) is 5.91 Å². The molecule has 0 saturated heterocycles. The van der Waals surface area contributed by atoms with Crippen LogP contribution in [-0.2, 0) is 17.6 Å². The van der Waals surface area contributed by atoms with E-state index in [9.17, 15) is 9.90 Å². The molecule has 1 unspecified atom stereocenters. The fraction of sp³-hybridized carbons (Fsp3) is 0.533. The summed E-state index contributed by atoms with van der Waals surface area (Å²) in [6.07, 6.45) is 3.46. The number of hydrogen-bond donors (Lipinski definition) is 2. The van der Waals surface area contributed by atoms with Crippen molar-refractivity contribution in [1.29, 1.82) is 0 Å². The second-order valence-corrected chi connectivity index (χ2v) is 4.93. The van der Waals surface area contributed by atoms with Crippen molar-refractivity contribution < 1.29 is 9.90 Å². The van der Waals surface area contributed by atoms with Gasteiger partial charge < -0.3 is 10.4 Å². The Balaban J connectivity index is 2.44. The zero-order valence-electron chi connectivity index (χ0n) is 11.1. The summed E-state index contributed by atoms with van der Waals surface area (Å²) < 4.78 is 0. The number of amides is 1. The number of hydrogen-bond acceptors (Lipinski definition) is 2. The molecule has 0 fully saturated rings. The zero-order valence-corrected chi connectivity index (χ0v) is 11.1. The molecule has 18 heavy (non-hydrogen) atoms. The summed E-state index contributed by atoms with van der Waals surface area (Å²) in [7, 11) is 0. The summed E-state index contributed by atoms with van der Waals surface area (Å²) in [4.78, 5) is 11.5. The Morgan fingerprint density at radius 3 is 2.78 bits per heavy atom. The van der Waals surface area contributed by atoms with Crippen LogP contribution in [0.2, 0.25) is 0 Å². The third kappa shape index (κ3) is 2.56. The Hall–Kier alpha value is -1.35. The topological polar surface area (TPSA) is 49.3 Å². The van der Waals surface area contributed by atoms with Gasteiger partial charge in [-0.15, -0.1) is 0 Å². The zero-order chi connectivity index (χ0) is 13.1. The molecule has 3 nitrogen and oxygen atoms in total. The number of anilines is 1. The summed E-state index contributed by atoms with van der Waals surface area (Å²) in [6.45, 7) is 4.16. The minimum Gasteiger partial charge on any atom is -0.388 e. The third-order valence-electron chi connectivity index (χ3n) is 3.53. The van der Waals surface area contributed by atoms with Gasteiger partial charge in [0.05, 0.1) is 6.10 Å². The fourth-order valence-corrected chi connectivity index (χ4v) is 2.49. The number of carbonyl (C=O) groups excluding carboxylic acids is 1. The number of aliphatic hydroxyl groups excluding tert-OH is 1. The van der Waals surface area contributed by atoms with Crippen molar-refractivity contribution in [2.24, 2.45) is 0 Å². The van der Waals surface area contributed by atoms with Crippen molar-refractivity contribution in [3.8, 4) is 0 Å². The lowest BCUT2D eigenvalue weighted by Crippen LogP contribution is -2.21. The van der Waals surface area contributed by atoms with Gasteiger partial charge in [0.1, 0.15) is 0 Å². The second kappa shape index (κ2) is 5.53. The van der Waals surface area contributed by atoms with E-state index in [2.05, 4.69) is 25.2 Å². The minimum absolute atomic E-state index is 0.0525. The van der Waals surface area contributed by atoms with E-state index in [1.165, 1.54) is 11.1 Å². The smallest absolute Gasteiger partial charge is 0.224 e. The molecule has 0 aliphatic carbocycles. The van der Waals surface area contributed by atoms with Crippen LogP contribution in [0.25, 0.3) is 0 Å². The van der Waals surface area contributed by atoms with Crippen LogP contribution in [0.1, 0.15) is 55.9 Å². The number of rotatable bonds is 4. The summed E-state index contributed by atoms with van der Waals surface area (Å²) in [5, 5.41) is 13.2. The molecule has 0 bridgehead atoms. The molecule has 1 amide bonds. The number of carbonyl (C=O) groups is 1. The highest BCUT2D eigenvalue weighted by Crippen LogP contribution is 2.34. The highest BCUT2D eigenvalue weighted by atomic mass is 16.3. The van der Waals surface area contributed by atoms with Gasteiger partial charge in [0.2, 0.25) is 5.91 Å². The third-order valence-corrected chi connectivity index (χ3v) is 3.53. The molecule has 3 heteroatoms. The minimum atomic E-state index is -0.478. The first kappa shape index (κ1) is 13.1. The highest BCUT2D eigenvalue weighted by Gasteiger charge is 2.21. The molecule has 0 radical (unpaired) electrons. The van der Waals surface area contributed by atoms with Crippen molar-refractivity contribution in [2.45, 2.75) is 52.1 Å². The monoisotopic (exact) mass is 247 g/mol. The molecule has 1 aromatic carbocycles. The summed E-state index contributed by atoms with van der Waals surface area (Å²) in [5.74, 6) is 0.0525. The predicted octanol–water partition coefficient (Wildman–Crippen LogP) is 2.97. The van der Waals surface area contributed by atoms with Crippen LogP contribution in [0, 0.1) is 0 Å². The van der Waals surface area contributed by atoms with Crippen LogP contribution in [0.5, 0.6) is 0 Å². The highest BCUT2D eigenvalue weighted by molar-refractivity contribution is 5.95. The SMILES string of the molecule is CCCC(O)c1cc(CC)cc2c1NC(=O)CC2. The van der Waals surface area contributed by atoms with Crippen LogP contribution in [-0.4, -0.2) is 11.0 Å². The van der Waals surface area contributed by atoms with Crippen LogP contribution in [0.4, 0.5) is 5.69 Å². The van der Waals surface area contributed by atoms with E-state index < -0.39 is 6.10 Å². The number of benzene rings is 1. The molecule has 1 aliphatic rings. The lowest BCUT2D eigenvalue weighted by molar-refractivity contribution is -0.116. The number of aliphatic hydroxyl groups is 1. The molecule has 0 spiro atoms. The quantitative estimate of drug-likeness (QED) is 0.859. The van der Waals surface area contributed by atoms with Gasteiger partial charge in [-0.25, -0.2) is 0 Å². The maximum Gasteiger partial charge on any atom is 0.224 e. The van der Waals surface area contributed by atoms with Crippen LogP contribution >= 0.6 is 0 Å². The van der Waals surface area contributed by atoms with Crippen molar-refractivity contribution in [2.75, 3.05) is 5.32 Å². The summed E-state index contributed by atoms with van der Waals surface area (Å²) >= 11 is 0. The standard InChI is InChI=1S/C15H21NO2/c1-3-5-13(17)12-9-10(4-2)8-11-6-7-14(18)16-15(11)12/h8-9,13,17H,3-7H2,1-2H3,(H,16,18). The second-order valence-electron chi connectivity index (χ2n) is 4.93. The summed E-state index contributed by atoms with van der Waals surface area (Å²) in [5.41, 5.74) is 4.14. The van der Waals surface area contributed by atoms with Gasteiger partial charge in [-0.1, -0.05) is 32.4 Å². The lowest BCUT2D eigenvalue weighted by atomic mass is 9.91. The molecule has 2 N–H and O–H groups in total. The predicted molar refractivity (Wildman–Crippen MR) is 72.6 cm³/mol. The van der Waals surface area contributed by atoms with Crippen molar-refractivity contribution in [3.63, 3.8) is 0 Å². The number of aryl methyl sites for hydroxylation is 2. The number of fused-ring (bicyclic) bond motifs is 1. The maximum absolute atomic E-state index is 11.5. The largest absolute Gasteiger partial charge is 0.388 e. The van der Waals surface area contributed by atoms with Crippen molar-refractivity contribution in [1.82, 2.24) is 0 Å².